The standard InChI is InChI=1S/C4H9O.3C4H9.Sn/c1-3-4-5-2;3*1-3-4-2;/h2-4H2,1H3;3*1,3-4H2,2H3;. The van der Waals surface area contributed by atoms with Crippen LogP contribution in [-0.2, 0) is 4.74 Å². The van der Waals surface area contributed by atoms with Gasteiger partial charge in [0.05, 0.1) is 0 Å². The van der Waals surface area contributed by atoms with Gasteiger partial charge in [-0.15, -0.1) is 0 Å². The number of hydrogen-bond acceptors (Lipinski definition) is 1. The molecule has 0 radical (unpaired) electrons. The van der Waals surface area contributed by atoms with Gasteiger partial charge in [-0.25, -0.2) is 0 Å². The summed E-state index contributed by atoms with van der Waals surface area (Å²) in [6.45, 7) is 10.2. The first-order chi connectivity index (χ1) is 8.74. The number of hydrogen-bond donors (Lipinski definition) is 0. The number of rotatable bonds is 13. The molecule has 0 aliphatic carbocycles. The van der Waals surface area contributed by atoms with Crippen LogP contribution in [0.2, 0.25) is 13.3 Å². The summed E-state index contributed by atoms with van der Waals surface area (Å²) in [5.41, 5.74) is 0. The van der Waals surface area contributed by atoms with Crippen molar-refractivity contribution in [1.82, 2.24) is 0 Å². The first kappa shape index (κ1) is 18.8. The van der Waals surface area contributed by atoms with Crippen LogP contribution in [0, 0.1) is 0 Å². The monoisotopic (exact) mass is 364 g/mol. The molecule has 0 spiro atoms. The van der Waals surface area contributed by atoms with E-state index in [0.29, 0.717) is 0 Å². The quantitative estimate of drug-likeness (QED) is 0.297. The van der Waals surface area contributed by atoms with Crippen molar-refractivity contribution in [2.75, 3.05) is 11.2 Å². The van der Waals surface area contributed by atoms with Gasteiger partial charge in [0.2, 0.25) is 0 Å². The Kier molecular flexibility index (Phi) is 13.3. The molecular formula is C16H36OSn. The molecule has 2 heteroatoms. The minimum absolute atomic E-state index is 0.989. The second-order valence-corrected chi connectivity index (χ2v) is 19.5. The fourth-order valence-electron chi connectivity index (χ4n) is 2.68. The molecule has 0 rings (SSSR count). The Bertz CT molecular complexity index is 149. The van der Waals surface area contributed by atoms with Gasteiger partial charge in [-0.05, 0) is 0 Å². The van der Waals surface area contributed by atoms with Crippen molar-refractivity contribution in [3.63, 3.8) is 0 Å². The summed E-state index contributed by atoms with van der Waals surface area (Å²) in [6, 6.07) is 0. The molecule has 0 aromatic carbocycles. The second kappa shape index (κ2) is 12.8. The van der Waals surface area contributed by atoms with Crippen LogP contribution in [0.1, 0.15) is 72.6 Å². The van der Waals surface area contributed by atoms with Crippen LogP contribution in [-0.4, -0.2) is 29.6 Å². The summed E-state index contributed by atoms with van der Waals surface area (Å²) < 4.78 is 12.0. The van der Waals surface area contributed by atoms with Crippen molar-refractivity contribution >= 4 is 18.4 Å². The summed E-state index contributed by atoms with van der Waals surface area (Å²) in [5, 5.41) is 0. The summed E-state index contributed by atoms with van der Waals surface area (Å²) in [7, 11) is 0. The van der Waals surface area contributed by atoms with Crippen LogP contribution in [0.4, 0.5) is 0 Å². The van der Waals surface area contributed by atoms with Crippen molar-refractivity contribution in [3.8, 4) is 0 Å². The molecule has 0 N–H and O–H groups in total. The van der Waals surface area contributed by atoms with E-state index >= 15 is 0 Å². The molecule has 0 saturated heterocycles. The maximum absolute atomic E-state index is 6.03. The third-order valence-corrected chi connectivity index (χ3v) is 18.4. The minimum atomic E-state index is -1.94. The van der Waals surface area contributed by atoms with Crippen LogP contribution in [0.25, 0.3) is 0 Å². The molecule has 18 heavy (non-hydrogen) atoms. The van der Waals surface area contributed by atoms with E-state index in [4.69, 9.17) is 4.74 Å². The Morgan fingerprint density at radius 3 is 1.44 bits per heavy atom. The Morgan fingerprint density at radius 1 is 0.667 bits per heavy atom. The molecule has 0 aromatic heterocycles. The molecule has 0 aliphatic heterocycles. The van der Waals surface area contributed by atoms with Crippen LogP contribution < -0.4 is 0 Å². The van der Waals surface area contributed by atoms with Crippen molar-refractivity contribution in [2.24, 2.45) is 0 Å². The van der Waals surface area contributed by atoms with Gasteiger partial charge in [-0.2, -0.15) is 0 Å². The molecule has 0 bridgehead atoms. The maximum atomic E-state index is 6.03. The van der Waals surface area contributed by atoms with E-state index in [0.717, 1.165) is 6.61 Å². The van der Waals surface area contributed by atoms with Gasteiger partial charge in [-0.1, -0.05) is 0 Å². The van der Waals surface area contributed by atoms with E-state index in [9.17, 15) is 0 Å². The predicted octanol–water partition coefficient (Wildman–Crippen LogP) is 5.80. The zero-order valence-corrected chi connectivity index (χ0v) is 16.2. The van der Waals surface area contributed by atoms with E-state index < -0.39 is 18.4 Å². The van der Waals surface area contributed by atoms with Gasteiger partial charge in [0.15, 0.2) is 0 Å². The zero-order chi connectivity index (χ0) is 13.7. The third-order valence-electron chi connectivity index (χ3n) is 3.94. The molecule has 0 amide bonds. The predicted molar refractivity (Wildman–Crippen MR) is 86.0 cm³/mol. The molecule has 1 nitrogen and oxygen atoms in total. The average molecular weight is 363 g/mol. The molecule has 0 saturated carbocycles. The van der Waals surface area contributed by atoms with Crippen LogP contribution in [0.15, 0.2) is 0 Å². The van der Waals surface area contributed by atoms with Crippen LogP contribution >= 0.6 is 0 Å². The third kappa shape index (κ3) is 8.79. The Labute approximate surface area is 120 Å². The fraction of sp³-hybridized carbons (Fsp3) is 1.00. The average Bonchev–Trinajstić information content (AvgIpc) is 2.40. The number of unbranched alkanes of at least 4 members (excludes halogenated alkanes) is 3. The van der Waals surface area contributed by atoms with Gasteiger partial charge >= 0.3 is 120 Å². The Balaban J connectivity index is 4.41. The fourth-order valence-corrected chi connectivity index (χ4v) is 17.2. The topological polar surface area (TPSA) is 9.23 Å². The molecular weight excluding hydrogens is 327 g/mol. The van der Waals surface area contributed by atoms with Crippen molar-refractivity contribution in [2.45, 2.75) is 86.0 Å². The van der Waals surface area contributed by atoms with Gasteiger partial charge < -0.3 is 0 Å². The summed E-state index contributed by atoms with van der Waals surface area (Å²) in [5.74, 6) is 0. The molecule has 0 aromatic rings. The Hall–Kier alpha value is 0.759. The second-order valence-electron chi connectivity index (χ2n) is 5.86. The van der Waals surface area contributed by atoms with Gasteiger partial charge in [0.1, 0.15) is 0 Å². The van der Waals surface area contributed by atoms with Crippen LogP contribution in [0.5, 0.6) is 0 Å². The van der Waals surface area contributed by atoms with E-state index in [2.05, 4.69) is 27.7 Å². The van der Waals surface area contributed by atoms with Gasteiger partial charge in [-0.3, -0.25) is 0 Å². The van der Waals surface area contributed by atoms with Gasteiger partial charge in [0, 0.05) is 0 Å². The molecule has 0 aliphatic rings. The van der Waals surface area contributed by atoms with Gasteiger partial charge in [0.25, 0.3) is 0 Å². The van der Waals surface area contributed by atoms with Crippen molar-refractivity contribution in [3.05, 3.63) is 0 Å². The summed E-state index contributed by atoms with van der Waals surface area (Å²) >= 11 is -1.94. The summed E-state index contributed by atoms with van der Waals surface area (Å²) in [6.07, 6.45) is 9.65. The molecule has 0 heterocycles. The van der Waals surface area contributed by atoms with E-state index in [1.54, 1.807) is 13.3 Å². The first-order valence-electron chi connectivity index (χ1n) is 8.32. The molecule has 0 atom stereocenters. The van der Waals surface area contributed by atoms with E-state index in [-0.39, 0.29) is 0 Å². The summed E-state index contributed by atoms with van der Waals surface area (Å²) in [4.78, 5) is 0. The Morgan fingerprint density at radius 2 is 1.11 bits per heavy atom. The molecule has 110 valence electrons. The van der Waals surface area contributed by atoms with E-state index in [1.165, 1.54) is 49.6 Å². The zero-order valence-electron chi connectivity index (χ0n) is 13.4. The molecule has 0 fully saturated rings. The first-order valence-corrected chi connectivity index (χ1v) is 16.4. The number of ether oxygens (including phenoxy) is 1. The van der Waals surface area contributed by atoms with E-state index in [1.807, 2.05) is 0 Å². The van der Waals surface area contributed by atoms with Crippen molar-refractivity contribution in [1.29, 1.82) is 0 Å². The van der Waals surface area contributed by atoms with Crippen molar-refractivity contribution < 1.29 is 4.74 Å². The normalized spacial score (nSPS) is 12.0. The van der Waals surface area contributed by atoms with Crippen LogP contribution in [0.3, 0.4) is 0 Å². The molecule has 0 unspecified atom stereocenters. The SMILES string of the molecule is CCC[CH2][Sn]([CH2]CCC)([CH2]CCC)[CH2]OCCC.